The Morgan fingerprint density at radius 1 is 1.11 bits per heavy atom. The molecule has 0 bridgehead atoms. The van der Waals surface area contributed by atoms with Gasteiger partial charge < -0.3 is 5.32 Å². The second-order valence-corrected chi connectivity index (χ2v) is 6.83. The Morgan fingerprint density at radius 3 is 2.22 bits per heavy atom. The number of hydrogen-bond donors (Lipinski definition) is 1. The molecule has 0 aliphatic heterocycles. The molecular formula is C20H18Cl2F3NO. The first-order valence-electron chi connectivity index (χ1n) is 8.25. The van der Waals surface area contributed by atoms with E-state index in [0.717, 1.165) is 11.6 Å². The molecule has 2 aromatic rings. The Bertz CT molecular complexity index is 797. The molecule has 2 rings (SSSR count). The molecule has 0 saturated heterocycles. The van der Waals surface area contributed by atoms with E-state index in [4.69, 9.17) is 23.2 Å². The van der Waals surface area contributed by atoms with Crippen LogP contribution in [0.25, 0.3) is 6.08 Å². The molecule has 0 aliphatic rings. The first-order valence-corrected chi connectivity index (χ1v) is 9.01. The van der Waals surface area contributed by atoms with Crippen LogP contribution >= 0.6 is 23.2 Å². The van der Waals surface area contributed by atoms with Crippen molar-refractivity contribution in [1.82, 2.24) is 5.32 Å². The SMILES string of the molecule is CCC(=O)NCc1ccc(/C=C/C(c2cc(Cl)cc(Cl)c2)C(F)(F)F)cc1. The maximum absolute atomic E-state index is 13.5. The molecule has 1 N–H and O–H groups in total. The summed E-state index contributed by atoms with van der Waals surface area (Å²) in [6, 6.07) is 10.8. The number of halogens is 5. The summed E-state index contributed by atoms with van der Waals surface area (Å²) in [6.07, 6.45) is -1.60. The summed E-state index contributed by atoms with van der Waals surface area (Å²) in [6.45, 7) is 2.14. The van der Waals surface area contributed by atoms with Crippen LogP contribution in [0.2, 0.25) is 10.0 Å². The zero-order valence-corrected chi connectivity index (χ0v) is 16.0. The smallest absolute Gasteiger partial charge is 0.352 e. The Morgan fingerprint density at radius 2 is 1.70 bits per heavy atom. The molecule has 1 unspecified atom stereocenters. The molecule has 2 aromatic carbocycles. The average Bonchev–Trinajstić information content (AvgIpc) is 2.59. The fourth-order valence-electron chi connectivity index (χ4n) is 2.44. The highest BCUT2D eigenvalue weighted by Crippen LogP contribution is 2.38. The lowest BCUT2D eigenvalue weighted by molar-refractivity contribution is -0.139. The monoisotopic (exact) mass is 415 g/mol. The van der Waals surface area contributed by atoms with Crippen molar-refractivity contribution in [1.29, 1.82) is 0 Å². The van der Waals surface area contributed by atoms with Crippen LogP contribution in [-0.4, -0.2) is 12.1 Å². The van der Waals surface area contributed by atoms with Crippen LogP contribution in [-0.2, 0) is 11.3 Å². The predicted molar refractivity (Wildman–Crippen MR) is 103 cm³/mol. The van der Waals surface area contributed by atoms with Gasteiger partial charge in [0.15, 0.2) is 0 Å². The largest absolute Gasteiger partial charge is 0.399 e. The van der Waals surface area contributed by atoms with Crippen molar-refractivity contribution < 1.29 is 18.0 Å². The number of allylic oxidation sites excluding steroid dienone is 1. The number of hydrogen-bond acceptors (Lipinski definition) is 1. The van der Waals surface area contributed by atoms with Gasteiger partial charge in [-0.3, -0.25) is 4.79 Å². The van der Waals surface area contributed by atoms with Gasteiger partial charge in [-0.1, -0.05) is 66.5 Å². The molecule has 144 valence electrons. The molecule has 0 radical (unpaired) electrons. The van der Waals surface area contributed by atoms with Crippen molar-refractivity contribution >= 4 is 35.2 Å². The Balaban J connectivity index is 2.17. The highest BCUT2D eigenvalue weighted by atomic mass is 35.5. The predicted octanol–water partition coefficient (Wildman–Crippen LogP) is 6.38. The van der Waals surface area contributed by atoms with Gasteiger partial charge in [0.2, 0.25) is 5.91 Å². The van der Waals surface area contributed by atoms with Crippen LogP contribution in [0.4, 0.5) is 13.2 Å². The van der Waals surface area contributed by atoms with E-state index in [-0.39, 0.29) is 21.5 Å². The molecule has 1 amide bonds. The molecule has 0 fully saturated rings. The van der Waals surface area contributed by atoms with Gasteiger partial charge in [0.25, 0.3) is 0 Å². The fraction of sp³-hybridized carbons (Fsp3) is 0.250. The number of alkyl halides is 3. The van der Waals surface area contributed by atoms with Crippen molar-refractivity contribution in [3.63, 3.8) is 0 Å². The molecule has 7 heteroatoms. The second kappa shape index (κ2) is 9.29. The molecule has 0 aliphatic carbocycles. The summed E-state index contributed by atoms with van der Waals surface area (Å²) in [4.78, 5) is 11.3. The van der Waals surface area contributed by atoms with Crippen molar-refractivity contribution in [2.75, 3.05) is 0 Å². The maximum Gasteiger partial charge on any atom is 0.399 e. The van der Waals surface area contributed by atoms with Gasteiger partial charge in [0.05, 0.1) is 5.92 Å². The number of carbonyl (C=O) groups excluding carboxylic acids is 1. The first kappa shape index (κ1) is 21.3. The fourth-order valence-corrected chi connectivity index (χ4v) is 2.99. The van der Waals surface area contributed by atoms with Crippen LogP contribution < -0.4 is 5.32 Å². The second-order valence-electron chi connectivity index (χ2n) is 5.95. The third kappa shape index (κ3) is 6.60. The maximum atomic E-state index is 13.5. The number of benzene rings is 2. The van der Waals surface area contributed by atoms with Crippen molar-refractivity contribution in [2.45, 2.75) is 32.0 Å². The van der Waals surface area contributed by atoms with E-state index in [2.05, 4.69) is 5.32 Å². The average molecular weight is 416 g/mol. The lowest BCUT2D eigenvalue weighted by Gasteiger charge is -2.18. The Labute approximate surface area is 166 Å². The third-order valence-corrected chi connectivity index (χ3v) is 4.30. The van der Waals surface area contributed by atoms with Crippen molar-refractivity contribution in [3.05, 3.63) is 75.3 Å². The van der Waals surface area contributed by atoms with Gasteiger partial charge >= 0.3 is 6.18 Å². The molecule has 27 heavy (non-hydrogen) atoms. The highest BCUT2D eigenvalue weighted by molar-refractivity contribution is 6.34. The zero-order valence-electron chi connectivity index (χ0n) is 14.5. The quantitative estimate of drug-likeness (QED) is 0.582. The Hall–Kier alpha value is -1.98. The van der Waals surface area contributed by atoms with E-state index < -0.39 is 12.1 Å². The van der Waals surface area contributed by atoms with Gasteiger partial charge in [-0.15, -0.1) is 0 Å². The van der Waals surface area contributed by atoms with E-state index in [1.54, 1.807) is 31.2 Å². The summed E-state index contributed by atoms with van der Waals surface area (Å²) in [5.41, 5.74) is 1.46. The highest BCUT2D eigenvalue weighted by Gasteiger charge is 2.39. The van der Waals surface area contributed by atoms with Crippen LogP contribution in [0.3, 0.4) is 0 Å². The Kier molecular flexibility index (Phi) is 7.33. The standard InChI is InChI=1S/C20H18Cl2F3NO/c1-2-19(27)26-12-14-5-3-13(4-6-14)7-8-18(20(23,24)25)15-9-16(21)11-17(22)10-15/h3-11,18H,2,12H2,1H3,(H,26,27)/b8-7+. The summed E-state index contributed by atoms with van der Waals surface area (Å²) in [5, 5.41) is 3.04. The van der Waals surface area contributed by atoms with E-state index >= 15 is 0 Å². The van der Waals surface area contributed by atoms with Crippen LogP contribution in [0, 0.1) is 0 Å². The van der Waals surface area contributed by atoms with Gasteiger partial charge in [0.1, 0.15) is 0 Å². The minimum Gasteiger partial charge on any atom is -0.352 e. The molecule has 2 nitrogen and oxygen atoms in total. The van der Waals surface area contributed by atoms with Crippen LogP contribution in [0.15, 0.2) is 48.5 Å². The first-order chi connectivity index (χ1) is 12.7. The number of amides is 1. The van der Waals surface area contributed by atoms with Crippen molar-refractivity contribution in [3.8, 4) is 0 Å². The van der Waals surface area contributed by atoms with E-state index in [1.165, 1.54) is 24.3 Å². The normalized spacial score (nSPS) is 13.0. The van der Waals surface area contributed by atoms with E-state index in [0.29, 0.717) is 18.5 Å². The summed E-state index contributed by atoms with van der Waals surface area (Å²) >= 11 is 11.7. The van der Waals surface area contributed by atoms with Gasteiger partial charge in [-0.25, -0.2) is 0 Å². The van der Waals surface area contributed by atoms with Gasteiger partial charge in [-0.05, 0) is 34.9 Å². The minimum absolute atomic E-state index is 0.0184. The number of rotatable bonds is 6. The minimum atomic E-state index is -4.48. The third-order valence-electron chi connectivity index (χ3n) is 3.87. The molecule has 0 heterocycles. The summed E-state index contributed by atoms with van der Waals surface area (Å²) in [7, 11) is 0. The molecule has 1 atom stereocenters. The lowest BCUT2D eigenvalue weighted by Crippen LogP contribution is -2.21. The van der Waals surface area contributed by atoms with E-state index in [9.17, 15) is 18.0 Å². The van der Waals surface area contributed by atoms with Gasteiger partial charge in [0, 0.05) is 23.0 Å². The van der Waals surface area contributed by atoms with Crippen molar-refractivity contribution in [2.24, 2.45) is 0 Å². The zero-order chi connectivity index (χ0) is 20.0. The lowest BCUT2D eigenvalue weighted by atomic mass is 9.97. The number of nitrogens with one attached hydrogen (secondary N) is 1. The molecule has 0 saturated carbocycles. The molecule has 0 spiro atoms. The van der Waals surface area contributed by atoms with E-state index in [1.807, 2.05) is 0 Å². The number of carbonyl (C=O) groups is 1. The summed E-state index contributed by atoms with van der Waals surface area (Å²) < 4.78 is 40.4. The van der Waals surface area contributed by atoms with Gasteiger partial charge in [-0.2, -0.15) is 13.2 Å². The van der Waals surface area contributed by atoms with Crippen LogP contribution in [0.1, 0.15) is 36.0 Å². The molecular weight excluding hydrogens is 398 g/mol. The molecule has 0 aromatic heterocycles. The topological polar surface area (TPSA) is 29.1 Å². The summed E-state index contributed by atoms with van der Waals surface area (Å²) in [5.74, 6) is -1.88. The van der Waals surface area contributed by atoms with Crippen LogP contribution in [0.5, 0.6) is 0 Å².